The van der Waals surface area contributed by atoms with E-state index in [1.807, 2.05) is 0 Å². The van der Waals surface area contributed by atoms with Gasteiger partial charge >= 0.3 is 0 Å². The molecular weight excluding hydrogens is 318 g/mol. The number of rotatable bonds is 9. The zero-order valence-electron chi connectivity index (χ0n) is 11.5. The second kappa shape index (κ2) is 11.3. The molecule has 0 spiro atoms. The van der Waals surface area contributed by atoms with Crippen LogP contribution >= 0.6 is 36.7 Å². The highest BCUT2D eigenvalue weighted by atomic mass is 32.1. The second-order valence-electron chi connectivity index (χ2n) is 4.33. The number of nitrogens with zero attached hydrogens (tertiary/aromatic N) is 3. The molecule has 0 saturated heterocycles. The van der Waals surface area contributed by atoms with Crippen LogP contribution in [-0.4, -0.2) is 35.1 Å². The molecule has 21 heavy (non-hydrogen) atoms. The number of hydrogen-bond donors (Lipinski definition) is 0. The molecule has 0 aromatic heterocycles. The third-order valence-corrected chi connectivity index (χ3v) is 3.23. The molecule has 0 aliphatic rings. The molecule has 6 heteroatoms. The van der Waals surface area contributed by atoms with Gasteiger partial charge in [-0.2, -0.15) is 0 Å². The van der Waals surface area contributed by atoms with Gasteiger partial charge in [-0.15, -0.1) is 0 Å². The lowest BCUT2D eigenvalue weighted by Crippen LogP contribution is -1.99. The van der Waals surface area contributed by atoms with Crippen LogP contribution < -0.4 is 0 Å². The summed E-state index contributed by atoms with van der Waals surface area (Å²) >= 11 is 13.8. The van der Waals surface area contributed by atoms with Gasteiger partial charge in [-0.1, -0.05) is 18.2 Å². The average Bonchev–Trinajstić information content (AvgIpc) is 2.48. The summed E-state index contributed by atoms with van der Waals surface area (Å²) < 4.78 is 0. The van der Waals surface area contributed by atoms with E-state index in [0.717, 1.165) is 19.3 Å². The molecule has 0 fully saturated rings. The molecule has 0 aliphatic heterocycles. The van der Waals surface area contributed by atoms with E-state index in [1.54, 1.807) is 0 Å². The van der Waals surface area contributed by atoms with Gasteiger partial charge in [-0.3, -0.25) is 0 Å². The predicted molar refractivity (Wildman–Crippen MR) is 97.2 cm³/mol. The maximum absolute atomic E-state index is 4.59. The second-order valence-corrected chi connectivity index (χ2v) is 4.87. The maximum Gasteiger partial charge on any atom is 0.0585 e. The topological polar surface area (TPSA) is 37.1 Å². The van der Waals surface area contributed by atoms with E-state index in [9.17, 15) is 0 Å². The molecule has 0 amide bonds. The largest absolute Gasteiger partial charge is 0.232 e. The molecule has 0 atom stereocenters. The van der Waals surface area contributed by atoms with Gasteiger partial charge < -0.3 is 0 Å². The number of thiocarbonyl (C=S) groups is 3. The van der Waals surface area contributed by atoms with Crippen molar-refractivity contribution in [1.82, 2.24) is 0 Å². The van der Waals surface area contributed by atoms with E-state index in [2.05, 4.69) is 85.3 Å². The number of isothiocyanates is 3. The molecule has 0 radical (unpaired) electrons. The van der Waals surface area contributed by atoms with Crippen LogP contribution in [0.5, 0.6) is 0 Å². The van der Waals surface area contributed by atoms with Crippen LogP contribution in [0.1, 0.15) is 16.7 Å². The summed E-state index contributed by atoms with van der Waals surface area (Å²) in [4.78, 5) is 11.9. The minimum absolute atomic E-state index is 0.655. The smallest absolute Gasteiger partial charge is 0.0585 e. The number of hydrogen-bond acceptors (Lipinski definition) is 6. The number of benzene rings is 1. The Balaban J connectivity index is 2.85. The summed E-state index contributed by atoms with van der Waals surface area (Å²) in [6.45, 7) is 1.97. The summed E-state index contributed by atoms with van der Waals surface area (Å²) in [6.07, 6.45) is 2.53. The molecule has 1 aromatic carbocycles. The van der Waals surface area contributed by atoms with Crippen LogP contribution in [0.15, 0.2) is 33.2 Å². The van der Waals surface area contributed by atoms with Crippen LogP contribution in [-0.2, 0) is 19.3 Å². The van der Waals surface area contributed by atoms with Crippen LogP contribution in [0, 0.1) is 0 Å². The zero-order chi connectivity index (χ0) is 15.3. The third kappa shape index (κ3) is 7.84. The summed E-state index contributed by atoms with van der Waals surface area (Å²) in [5.74, 6) is 0. The lowest BCUT2D eigenvalue weighted by Gasteiger charge is -2.08. The highest BCUT2D eigenvalue weighted by Crippen LogP contribution is 2.13. The van der Waals surface area contributed by atoms with Crippen molar-refractivity contribution in [3.8, 4) is 0 Å². The van der Waals surface area contributed by atoms with Gasteiger partial charge in [-0.05, 0) is 72.6 Å². The van der Waals surface area contributed by atoms with E-state index in [-0.39, 0.29) is 0 Å². The highest BCUT2D eigenvalue weighted by molar-refractivity contribution is 7.78. The summed E-state index contributed by atoms with van der Waals surface area (Å²) in [6, 6.07) is 6.51. The average molecular weight is 334 g/mol. The Hall–Kier alpha value is -1.38. The first kappa shape index (κ1) is 17.7. The van der Waals surface area contributed by atoms with Crippen molar-refractivity contribution in [2.45, 2.75) is 19.3 Å². The van der Waals surface area contributed by atoms with Crippen LogP contribution in [0.4, 0.5) is 0 Å². The van der Waals surface area contributed by atoms with Crippen LogP contribution in [0.25, 0.3) is 0 Å². The molecule has 0 saturated carbocycles. The standard InChI is InChI=1S/C15H15N3S3/c19-10-16-4-1-13-7-14(2-5-17-11-20)9-15(8-13)3-6-18-12-21/h7-9H,1-6H2. The van der Waals surface area contributed by atoms with E-state index >= 15 is 0 Å². The first-order chi connectivity index (χ1) is 10.3. The normalized spacial score (nSPS) is 9.14. The summed E-state index contributed by atoms with van der Waals surface area (Å²) in [7, 11) is 0. The fourth-order valence-corrected chi connectivity index (χ4v) is 2.24. The van der Waals surface area contributed by atoms with Gasteiger partial charge in [0.25, 0.3) is 0 Å². The van der Waals surface area contributed by atoms with Crippen molar-refractivity contribution >= 4 is 52.1 Å². The summed E-state index contributed by atoms with van der Waals surface area (Å²) in [5, 5.41) is 7.17. The Morgan fingerprint density at radius 2 is 0.905 bits per heavy atom. The van der Waals surface area contributed by atoms with Crippen molar-refractivity contribution in [2.75, 3.05) is 19.6 Å². The Morgan fingerprint density at radius 3 is 1.14 bits per heavy atom. The van der Waals surface area contributed by atoms with Crippen molar-refractivity contribution in [2.24, 2.45) is 15.0 Å². The van der Waals surface area contributed by atoms with Gasteiger partial charge in [0.1, 0.15) is 0 Å². The van der Waals surface area contributed by atoms with Gasteiger partial charge in [0.05, 0.1) is 35.1 Å². The van der Waals surface area contributed by atoms with Gasteiger partial charge in [0, 0.05) is 0 Å². The van der Waals surface area contributed by atoms with Crippen molar-refractivity contribution in [3.05, 3.63) is 34.9 Å². The van der Waals surface area contributed by atoms with E-state index in [1.165, 1.54) is 16.7 Å². The molecular formula is C15H15N3S3. The molecule has 0 aliphatic carbocycles. The molecule has 0 unspecified atom stereocenters. The Morgan fingerprint density at radius 1 is 0.619 bits per heavy atom. The molecule has 3 nitrogen and oxygen atoms in total. The van der Waals surface area contributed by atoms with Crippen molar-refractivity contribution < 1.29 is 0 Å². The minimum atomic E-state index is 0.655. The van der Waals surface area contributed by atoms with Gasteiger partial charge in [0.15, 0.2) is 0 Å². The molecule has 108 valence electrons. The first-order valence-electron chi connectivity index (χ1n) is 6.52. The lowest BCUT2D eigenvalue weighted by molar-refractivity contribution is 0.920. The van der Waals surface area contributed by atoms with Gasteiger partial charge in [0.2, 0.25) is 0 Å². The minimum Gasteiger partial charge on any atom is -0.232 e. The first-order valence-corrected chi connectivity index (χ1v) is 7.75. The summed E-state index contributed by atoms with van der Waals surface area (Å²) in [5.41, 5.74) is 3.69. The lowest BCUT2D eigenvalue weighted by atomic mass is 10.00. The predicted octanol–water partition coefficient (Wildman–Crippen LogP) is 3.62. The Kier molecular flexibility index (Phi) is 9.51. The van der Waals surface area contributed by atoms with Crippen LogP contribution in [0.2, 0.25) is 0 Å². The van der Waals surface area contributed by atoms with Crippen molar-refractivity contribution in [3.63, 3.8) is 0 Å². The number of aliphatic imine (C=N–C) groups is 3. The fraction of sp³-hybridized carbons (Fsp3) is 0.400. The van der Waals surface area contributed by atoms with Crippen LogP contribution in [0.3, 0.4) is 0 Å². The fourth-order valence-electron chi connectivity index (χ4n) is 1.96. The zero-order valence-corrected chi connectivity index (χ0v) is 14.0. The van der Waals surface area contributed by atoms with E-state index < -0.39 is 0 Å². The quantitative estimate of drug-likeness (QED) is 0.511. The molecule has 0 bridgehead atoms. The molecule has 1 aromatic rings. The molecule has 0 heterocycles. The third-order valence-electron chi connectivity index (χ3n) is 2.84. The SMILES string of the molecule is S=C=NCCc1cc(CCN=C=S)cc(CCN=C=S)c1. The van der Waals surface area contributed by atoms with Crippen molar-refractivity contribution in [1.29, 1.82) is 0 Å². The van der Waals surface area contributed by atoms with E-state index in [0.29, 0.717) is 19.6 Å². The van der Waals surface area contributed by atoms with E-state index in [4.69, 9.17) is 0 Å². The Labute approximate surface area is 140 Å². The Bertz CT molecular complexity index is 511. The molecule has 0 N–H and O–H groups in total. The molecule has 1 rings (SSSR count). The highest BCUT2D eigenvalue weighted by Gasteiger charge is 2.02. The maximum atomic E-state index is 4.59. The monoisotopic (exact) mass is 333 g/mol. The van der Waals surface area contributed by atoms with Gasteiger partial charge in [-0.25, -0.2) is 15.0 Å².